The van der Waals surface area contributed by atoms with Crippen LogP contribution in [-0.2, 0) is 16.2 Å². The fraction of sp³-hybridized carbons (Fsp3) is 0.176. The van der Waals surface area contributed by atoms with E-state index in [0.29, 0.717) is 5.56 Å². The van der Waals surface area contributed by atoms with Gasteiger partial charge in [0.15, 0.2) is 0 Å². The van der Waals surface area contributed by atoms with Gasteiger partial charge in [-0.2, -0.15) is 17.9 Å². The maximum atomic E-state index is 12.9. The first-order chi connectivity index (χ1) is 11.6. The number of hydrogen-bond acceptors (Lipinski definition) is 2. The Kier molecular flexibility index (Phi) is 5.78. The molecule has 2 aromatic carbocycles. The molecule has 0 unspecified atom stereocenters. The van der Waals surface area contributed by atoms with Gasteiger partial charge < -0.3 is 0 Å². The predicted molar refractivity (Wildman–Crippen MR) is 89.7 cm³/mol. The summed E-state index contributed by atoms with van der Waals surface area (Å²) in [5.74, 6) is 4.75. The lowest BCUT2D eigenvalue weighted by Gasteiger charge is -2.08. The van der Waals surface area contributed by atoms with Crippen LogP contribution < -0.4 is 4.72 Å². The van der Waals surface area contributed by atoms with E-state index in [1.54, 1.807) is 19.1 Å². The normalized spacial score (nSPS) is 11.7. The topological polar surface area (TPSA) is 46.2 Å². The number of halogens is 4. The van der Waals surface area contributed by atoms with Crippen LogP contribution in [0.5, 0.6) is 0 Å². The number of hydrogen-bond donors (Lipinski definition) is 1. The van der Waals surface area contributed by atoms with Crippen LogP contribution in [-0.4, -0.2) is 15.0 Å². The van der Waals surface area contributed by atoms with Crippen molar-refractivity contribution in [2.45, 2.75) is 18.0 Å². The highest BCUT2D eigenvalue weighted by Gasteiger charge is 2.32. The van der Waals surface area contributed by atoms with E-state index in [9.17, 15) is 21.6 Å². The quantitative estimate of drug-likeness (QED) is 0.809. The summed E-state index contributed by atoms with van der Waals surface area (Å²) in [4.78, 5) is -0.00232. The molecule has 0 fully saturated rings. The fourth-order valence-electron chi connectivity index (χ4n) is 2.05. The third-order valence-corrected chi connectivity index (χ3v) is 5.02. The average molecular weight is 388 g/mol. The van der Waals surface area contributed by atoms with Gasteiger partial charge in [0.05, 0.1) is 17.0 Å². The second-order valence-corrected chi connectivity index (χ2v) is 7.25. The largest absolute Gasteiger partial charge is 0.417 e. The fourth-order valence-corrected chi connectivity index (χ4v) is 3.48. The molecule has 0 spiro atoms. The van der Waals surface area contributed by atoms with Gasteiger partial charge in [-0.15, -0.1) is 0 Å². The van der Waals surface area contributed by atoms with Crippen molar-refractivity contribution in [3.05, 3.63) is 64.2 Å². The van der Waals surface area contributed by atoms with Crippen LogP contribution in [0.4, 0.5) is 13.2 Å². The van der Waals surface area contributed by atoms with E-state index in [0.717, 1.165) is 6.07 Å². The number of aryl methyl sites for hydroxylation is 1. The monoisotopic (exact) mass is 387 g/mol. The minimum Gasteiger partial charge on any atom is -0.207 e. The molecular weight excluding hydrogens is 375 g/mol. The molecule has 0 saturated carbocycles. The molecule has 0 atom stereocenters. The van der Waals surface area contributed by atoms with E-state index in [1.165, 1.54) is 24.3 Å². The number of rotatable bonds is 3. The smallest absolute Gasteiger partial charge is 0.207 e. The Hall–Kier alpha value is -2.01. The highest BCUT2D eigenvalue weighted by Crippen LogP contribution is 2.31. The summed E-state index contributed by atoms with van der Waals surface area (Å²) in [5, 5.41) is 0.260. The molecule has 25 heavy (non-hydrogen) atoms. The van der Waals surface area contributed by atoms with Gasteiger partial charge in [0.1, 0.15) is 0 Å². The third kappa shape index (κ3) is 4.98. The van der Waals surface area contributed by atoms with Crippen LogP contribution in [0.2, 0.25) is 5.02 Å². The highest BCUT2D eigenvalue weighted by molar-refractivity contribution is 7.89. The van der Waals surface area contributed by atoms with Crippen molar-refractivity contribution in [1.29, 1.82) is 0 Å². The van der Waals surface area contributed by atoms with Crippen LogP contribution in [0.3, 0.4) is 0 Å². The SMILES string of the molecule is Cc1ccc(Cl)cc1S(=O)(=O)NCC#Cc1ccccc1C(F)(F)F. The van der Waals surface area contributed by atoms with Gasteiger partial charge in [0.2, 0.25) is 10.0 Å². The molecule has 0 heterocycles. The first kappa shape index (κ1) is 19.3. The Morgan fingerprint density at radius 1 is 1.16 bits per heavy atom. The van der Waals surface area contributed by atoms with E-state index in [4.69, 9.17) is 11.6 Å². The molecule has 0 amide bonds. The molecular formula is C17H13ClF3NO2S. The summed E-state index contributed by atoms with van der Waals surface area (Å²) in [5.41, 5.74) is -0.587. The minimum absolute atomic E-state index is 0.00232. The van der Waals surface area contributed by atoms with Gasteiger partial charge in [0.25, 0.3) is 0 Å². The van der Waals surface area contributed by atoms with Gasteiger partial charge in [0, 0.05) is 10.6 Å². The molecule has 0 saturated heterocycles. The molecule has 0 aromatic heterocycles. The van der Waals surface area contributed by atoms with E-state index in [1.807, 2.05) is 0 Å². The maximum Gasteiger partial charge on any atom is 0.417 e. The standard InChI is InChI=1S/C17H13ClF3NO2S/c1-12-8-9-14(18)11-16(12)25(23,24)22-10-4-6-13-5-2-3-7-15(13)17(19,20)21/h2-3,5,7-9,11,22H,10H2,1H3. The summed E-state index contributed by atoms with van der Waals surface area (Å²) in [6.45, 7) is 1.27. The van der Waals surface area contributed by atoms with Crippen molar-refractivity contribution in [2.24, 2.45) is 0 Å². The highest BCUT2D eigenvalue weighted by atomic mass is 35.5. The lowest BCUT2D eigenvalue weighted by Crippen LogP contribution is -2.24. The third-order valence-electron chi connectivity index (χ3n) is 3.25. The molecule has 2 rings (SSSR count). The first-order valence-electron chi connectivity index (χ1n) is 7.02. The molecule has 8 heteroatoms. The summed E-state index contributed by atoms with van der Waals surface area (Å²) < 4.78 is 65.3. The van der Waals surface area contributed by atoms with Gasteiger partial charge in [-0.3, -0.25) is 0 Å². The van der Waals surface area contributed by atoms with Crippen molar-refractivity contribution in [3.63, 3.8) is 0 Å². The summed E-state index contributed by atoms with van der Waals surface area (Å²) in [6.07, 6.45) is -4.53. The second-order valence-electron chi connectivity index (χ2n) is 5.08. The zero-order chi connectivity index (χ0) is 18.7. The molecule has 0 radical (unpaired) electrons. The average Bonchev–Trinajstić information content (AvgIpc) is 2.53. The van der Waals surface area contributed by atoms with E-state index < -0.39 is 21.8 Å². The Labute approximate surface area is 148 Å². The number of sulfonamides is 1. The Morgan fingerprint density at radius 2 is 1.84 bits per heavy atom. The van der Waals surface area contributed by atoms with Crippen LogP contribution >= 0.6 is 11.6 Å². The van der Waals surface area contributed by atoms with Gasteiger partial charge in [-0.05, 0) is 36.8 Å². The predicted octanol–water partition coefficient (Wildman–Crippen LogP) is 4.00. The Morgan fingerprint density at radius 3 is 2.52 bits per heavy atom. The van der Waals surface area contributed by atoms with E-state index >= 15 is 0 Å². The van der Waals surface area contributed by atoms with Crippen molar-refractivity contribution in [3.8, 4) is 11.8 Å². The Balaban J connectivity index is 2.17. The zero-order valence-electron chi connectivity index (χ0n) is 13.0. The summed E-state index contributed by atoms with van der Waals surface area (Å²) in [7, 11) is -3.87. The van der Waals surface area contributed by atoms with E-state index in [-0.39, 0.29) is 22.0 Å². The molecule has 0 aliphatic carbocycles. The van der Waals surface area contributed by atoms with Crippen molar-refractivity contribution in [1.82, 2.24) is 4.72 Å². The molecule has 132 valence electrons. The molecule has 0 aliphatic heterocycles. The maximum absolute atomic E-state index is 12.9. The molecule has 2 aromatic rings. The molecule has 0 aliphatic rings. The van der Waals surface area contributed by atoms with E-state index in [2.05, 4.69) is 16.6 Å². The van der Waals surface area contributed by atoms with Crippen LogP contribution in [0.25, 0.3) is 0 Å². The molecule has 3 nitrogen and oxygen atoms in total. The summed E-state index contributed by atoms with van der Waals surface area (Å²) in [6, 6.07) is 9.25. The van der Waals surface area contributed by atoms with Gasteiger partial charge >= 0.3 is 6.18 Å². The lowest BCUT2D eigenvalue weighted by molar-refractivity contribution is -0.137. The van der Waals surface area contributed by atoms with Gasteiger partial charge in [-0.25, -0.2) is 8.42 Å². The van der Waals surface area contributed by atoms with Crippen LogP contribution in [0.15, 0.2) is 47.4 Å². The lowest BCUT2D eigenvalue weighted by atomic mass is 10.1. The van der Waals surface area contributed by atoms with Crippen molar-refractivity contribution in [2.75, 3.05) is 6.54 Å². The first-order valence-corrected chi connectivity index (χ1v) is 8.88. The van der Waals surface area contributed by atoms with Crippen molar-refractivity contribution >= 4 is 21.6 Å². The van der Waals surface area contributed by atoms with Crippen LogP contribution in [0, 0.1) is 18.8 Å². The van der Waals surface area contributed by atoms with Crippen molar-refractivity contribution < 1.29 is 21.6 Å². The summed E-state index contributed by atoms with van der Waals surface area (Å²) >= 11 is 5.80. The zero-order valence-corrected chi connectivity index (χ0v) is 14.6. The number of benzene rings is 2. The molecule has 1 N–H and O–H groups in total. The number of alkyl halides is 3. The molecule has 0 bridgehead atoms. The second kappa shape index (κ2) is 7.48. The minimum atomic E-state index is -4.53. The number of nitrogens with one attached hydrogen (secondary N) is 1. The Bertz CT molecular complexity index is 944. The van der Waals surface area contributed by atoms with Crippen LogP contribution in [0.1, 0.15) is 16.7 Å². The van der Waals surface area contributed by atoms with Gasteiger partial charge in [-0.1, -0.05) is 41.6 Å².